The van der Waals surface area contributed by atoms with Gasteiger partial charge in [-0.25, -0.2) is 0 Å². The van der Waals surface area contributed by atoms with E-state index in [2.05, 4.69) is 17.3 Å². The minimum absolute atomic E-state index is 0.0481. The molecule has 2 rings (SSSR count). The van der Waals surface area contributed by atoms with Gasteiger partial charge in [-0.15, -0.1) is 0 Å². The van der Waals surface area contributed by atoms with Crippen LogP contribution in [0.15, 0.2) is 0 Å². The number of rotatable bonds is 0. The number of β-lactam (4-membered cyclic amide) rings is 1. The Labute approximate surface area is 66.8 Å². The Morgan fingerprint density at radius 1 is 1.45 bits per heavy atom. The lowest BCUT2D eigenvalue weighted by Crippen LogP contribution is -2.62. The molecule has 0 aromatic heterocycles. The summed E-state index contributed by atoms with van der Waals surface area (Å²) in [5, 5.41) is 2.83. The van der Waals surface area contributed by atoms with E-state index in [1.807, 2.05) is 0 Å². The standard InChI is InChI=1S/C8H14N2O/c1-10-4-2-8(3-5-10)6-9-7(8)11/h2-6H2,1H3,(H,9,11). The summed E-state index contributed by atoms with van der Waals surface area (Å²) < 4.78 is 0. The van der Waals surface area contributed by atoms with E-state index in [1.54, 1.807) is 0 Å². The van der Waals surface area contributed by atoms with Gasteiger partial charge >= 0.3 is 0 Å². The first-order valence-electron chi connectivity index (χ1n) is 4.20. The number of hydrogen-bond donors (Lipinski definition) is 1. The number of nitrogens with one attached hydrogen (secondary N) is 1. The lowest BCUT2D eigenvalue weighted by atomic mass is 9.73. The van der Waals surface area contributed by atoms with Gasteiger partial charge in [0.1, 0.15) is 0 Å². The summed E-state index contributed by atoms with van der Waals surface area (Å²) in [6, 6.07) is 0. The summed E-state index contributed by atoms with van der Waals surface area (Å²) in [4.78, 5) is 13.5. The minimum Gasteiger partial charge on any atom is -0.354 e. The molecule has 0 aromatic rings. The van der Waals surface area contributed by atoms with Crippen molar-refractivity contribution in [3.63, 3.8) is 0 Å². The summed E-state index contributed by atoms with van der Waals surface area (Å²) in [5.41, 5.74) is 0.0481. The molecule has 3 nitrogen and oxygen atoms in total. The molecule has 1 amide bonds. The van der Waals surface area contributed by atoms with E-state index in [-0.39, 0.29) is 11.3 Å². The van der Waals surface area contributed by atoms with Gasteiger partial charge in [0.15, 0.2) is 0 Å². The number of nitrogens with zero attached hydrogens (tertiary/aromatic N) is 1. The lowest BCUT2D eigenvalue weighted by molar-refractivity contribution is -0.143. The molecule has 2 saturated heterocycles. The number of hydrogen-bond acceptors (Lipinski definition) is 2. The number of piperidine rings is 1. The molecule has 62 valence electrons. The highest BCUT2D eigenvalue weighted by molar-refractivity contribution is 5.88. The van der Waals surface area contributed by atoms with Crippen molar-refractivity contribution in [1.29, 1.82) is 0 Å². The molecule has 2 aliphatic rings. The summed E-state index contributed by atoms with van der Waals surface area (Å²) >= 11 is 0. The van der Waals surface area contributed by atoms with E-state index in [0.717, 1.165) is 32.5 Å². The first-order valence-corrected chi connectivity index (χ1v) is 4.20. The molecule has 0 saturated carbocycles. The zero-order valence-electron chi connectivity index (χ0n) is 6.89. The average Bonchev–Trinajstić information content (AvgIpc) is 2.03. The predicted octanol–water partition coefficient (Wildman–Crippen LogP) is -0.172. The molecule has 1 spiro atoms. The molecule has 2 aliphatic heterocycles. The molecule has 1 N–H and O–H groups in total. The SMILES string of the molecule is CN1CCC2(CC1)CNC2=O. The van der Waals surface area contributed by atoms with E-state index in [0.29, 0.717) is 0 Å². The number of carbonyl (C=O) groups is 1. The van der Waals surface area contributed by atoms with Crippen LogP contribution in [-0.2, 0) is 4.79 Å². The van der Waals surface area contributed by atoms with E-state index in [4.69, 9.17) is 0 Å². The Hall–Kier alpha value is -0.570. The van der Waals surface area contributed by atoms with Crippen molar-refractivity contribution in [2.45, 2.75) is 12.8 Å². The molecular formula is C8H14N2O. The summed E-state index contributed by atoms with van der Waals surface area (Å²) in [7, 11) is 2.11. The van der Waals surface area contributed by atoms with Crippen LogP contribution in [0, 0.1) is 5.41 Å². The second kappa shape index (κ2) is 2.21. The van der Waals surface area contributed by atoms with Gasteiger partial charge in [-0.1, -0.05) is 0 Å². The topological polar surface area (TPSA) is 32.3 Å². The minimum atomic E-state index is 0.0481. The molecule has 0 aliphatic carbocycles. The summed E-state index contributed by atoms with van der Waals surface area (Å²) in [6.07, 6.45) is 2.10. The van der Waals surface area contributed by atoms with Crippen molar-refractivity contribution < 1.29 is 4.79 Å². The third-order valence-corrected chi connectivity index (χ3v) is 3.01. The highest BCUT2D eigenvalue weighted by Crippen LogP contribution is 2.35. The Morgan fingerprint density at radius 3 is 2.45 bits per heavy atom. The van der Waals surface area contributed by atoms with Crippen molar-refractivity contribution in [2.75, 3.05) is 26.7 Å². The van der Waals surface area contributed by atoms with Crippen molar-refractivity contribution in [1.82, 2.24) is 10.2 Å². The quantitative estimate of drug-likeness (QED) is 0.491. The Morgan fingerprint density at radius 2 is 2.09 bits per heavy atom. The van der Waals surface area contributed by atoms with Gasteiger partial charge in [-0.3, -0.25) is 4.79 Å². The zero-order chi connectivity index (χ0) is 7.90. The first-order chi connectivity index (χ1) is 5.23. The Balaban J connectivity index is 2.01. The molecule has 11 heavy (non-hydrogen) atoms. The van der Waals surface area contributed by atoms with Gasteiger partial charge in [0, 0.05) is 6.54 Å². The van der Waals surface area contributed by atoms with Gasteiger partial charge in [-0.2, -0.15) is 0 Å². The van der Waals surface area contributed by atoms with Crippen molar-refractivity contribution in [2.24, 2.45) is 5.41 Å². The van der Waals surface area contributed by atoms with Gasteiger partial charge in [0.05, 0.1) is 5.41 Å². The third kappa shape index (κ3) is 0.948. The molecule has 3 heteroatoms. The maximum atomic E-state index is 11.2. The first kappa shape index (κ1) is 7.10. The van der Waals surface area contributed by atoms with Crippen molar-refractivity contribution >= 4 is 5.91 Å². The number of amides is 1. The van der Waals surface area contributed by atoms with Crippen LogP contribution >= 0.6 is 0 Å². The van der Waals surface area contributed by atoms with Crippen LogP contribution in [0.4, 0.5) is 0 Å². The largest absolute Gasteiger partial charge is 0.354 e. The fourth-order valence-corrected chi connectivity index (χ4v) is 1.86. The van der Waals surface area contributed by atoms with Crippen LogP contribution in [0.1, 0.15) is 12.8 Å². The second-order valence-electron chi connectivity index (χ2n) is 3.77. The molecule has 0 bridgehead atoms. The van der Waals surface area contributed by atoms with Gasteiger partial charge in [0.2, 0.25) is 5.91 Å². The van der Waals surface area contributed by atoms with Crippen molar-refractivity contribution in [3.05, 3.63) is 0 Å². The normalized spacial score (nSPS) is 29.7. The van der Waals surface area contributed by atoms with Crippen LogP contribution in [0.2, 0.25) is 0 Å². The molecule has 2 heterocycles. The van der Waals surface area contributed by atoms with Gasteiger partial charge in [-0.05, 0) is 33.0 Å². The Bertz CT molecular complexity index is 183. The fraction of sp³-hybridized carbons (Fsp3) is 0.875. The lowest BCUT2D eigenvalue weighted by Gasteiger charge is -2.45. The summed E-state index contributed by atoms with van der Waals surface area (Å²) in [6.45, 7) is 3.07. The van der Waals surface area contributed by atoms with E-state index in [9.17, 15) is 4.79 Å². The fourth-order valence-electron chi connectivity index (χ4n) is 1.86. The molecule has 0 aromatic carbocycles. The van der Waals surface area contributed by atoms with Gasteiger partial charge < -0.3 is 10.2 Å². The molecule has 0 atom stereocenters. The van der Waals surface area contributed by atoms with Crippen LogP contribution in [0.5, 0.6) is 0 Å². The van der Waals surface area contributed by atoms with E-state index >= 15 is 0 Å². The number of carbonyl (C=O) groups excluding carboxylic acids is 1. The number of likely N-dealkylation sites (tertiary alicyclic amines) is 1. The molecule has 0 unspecified atom stereocenters. The molecular weight excluding hydrogens is 140 g/mol. The smallest absolute Gasteiger partial charge is 0.228 e. The second-order valence-corrected chi connectivity index (χ2v) is 3.77. The maximum Gasteiger partial charge on any atom is 0.228 e. The highest BCUT2D eigenvalue weighted by atomic mass is 16.2. The zero-order valence-corrected chi connectivity index (χ0v) is 6.89. The van der Waals surface area contributed by atoms with Crippen LogP contribution in [0.3, 0.4) is 0 Å². The van der Waals surface area contributed by atoms with Crippen LogP contribution < -0.4 is 5.32 Å². The third-order valence-electron chi connectivity index (χ3n) is 3.01. The van der Waals surface area contributed by atoms with Gasteiger partial charge in [0.25, 0.3) is 0 Å². The van der Waals surface area contributed by atoms with E-state index in [1.165, 1.54) is 0 Å². The maximum absolute atomic E-state index is 11.2. The van der Waals surface area contributed by atoms with E-state index < -0.39 is 0 Å². The van der Waals surface area contributed by atoms with Crippen molar-refractivity contribution in [3.8, 4) is 0 Å². The van der Waals surface area contributed by atoms with Crippen LogP contribution in [-0.4, -0.2) is 37.5 Å². The molecule has 0 radical (unpaired) electrons. The van der Waals surface area contributed by atoms with Crippen LogP contribution in [0.25, 0.3) is 0 Å². The summed E-state index contributed by atoms with van der Waals surface area (Å²) in [5.74, 6) is 0.283. The Kier molecular flexibility index (Phi) is 1.42. The predicted molar refractivity (Wildman–Crippen MR) is 42.2 cm³/mol. The highest BCUT2D eigenvalue weighted by Gasteiger charge is 2.47. The average molecular weight is 154 g/mol. The molecule has 2 fully saturated rings. The monoisotopic (exact) mass is 154 g/mol.